The number of carbonyl (C=O) groups excluding carboxylic acids is 2. The van der Waals surface area contributed by atoms with Crippen LogP contribution in [-0.4, -0.2) is 58.5 Å². The summed E-state index contributed by atoms with van der Waals surface area (Å²) in [7, 11) is -8.88. The highest BCUT2D eigenvalue weighted by Gasteiger charge is 2.74. The summed E-state index contributed by atoms with van der Waals surface area (Å²) in [5.41, 5.74) is -8.71. The van der Waals surface area contributed by atoms with Crippen molar-refractivity contribution in [2.24, 2.45) is 0 Å². The van der Waals surface area contributed by atoms with E-state index in [1.54, 1.807) is 4.72 Å². The molecular weight excluding hydrogens is 688 g/mol. The summed E-state index contributed by atoms with van der Waals surface area (Å²) in [5, 5.41) is 0. The lowest BCUT2D eigenvalue weighted by atomic mass is 9.76. The number of aryl methyl sites for hydroxylation is 1. The molecule has 3 aliphatic rings. The first-order valence-electron chi connectivity index (χ1n) is 13.7. The second-order valence-electron chi connectivity index (χ2n) is 11.3. The first-order chi connectivity index (χ1) is 21.7. The Balaban J connectivity index is 1.51. The molecule has 3 aromatic carbocycles. The number of sulfone groups is 1. The number of sulfonamides is 1. The Morgan fingerprint density at radius 1 is 0.915 bits per heavy atom. The van der Waals surface area contributed by atoms with Crippen molar-refractivity contribution in [1.82, 2.24) is 9.62 Å². The standard InChI is InChI=1S/C29H20F8N2O6S2/c30-18-4-6-19(7-5-18)46(42,43)26-11-12-39(25(41)16-1-9-22-20(14-16)24(40)38-47(22,44)45)23(26)10-2-15-13-17(3-8-21(15)26)27(31,28(32,33)34)29(35,36)37/h1,3-9,13-14,23H,2,10-12H2,(H,38,40)/t23-,26-/m1/s1. The van der Waals surface area contributed by atoms with Crippen molar-refractivity contribution in [1.29, 1.82) is 0 Å². The van der Waals surface area contributed by atoms with Gasteiger partial charge in [-0.1, -0.05) is 18.2 Å². The quantitative estimate of drug-likeness (QED) is 0.299. The third-order valence-corrected chi connectivity index (χ3v) is 12.9. The van der Waals surface area contributed by atoms with Crippen LogP contribution in [0, 0.1) is 5.82 Å². The highest BCUT2D eigenvalue weighted by atomic mass is 32.2. The summed E-state index contributed by atoms with van der Waals surface area (Å²) >= 11 is 0. The minimum Gasteiger partial charge on any atom is -0.334 e. The monoisotopic (exact) mass is 708 g/mol. The number of carbonyl (C=O) groups is 2. The molecule has 1 N–H and O–H groups in total. The van der Waals surface area contributed by atoms with Crippen molar-refractivity contribution in [2.45, 2.75) is 57.9 Å². The molecule has 0 radical (unpaired) electrons. The van der Waals surface area contributed by atoms with Gasteiger partial charge in [-0.15, -0.1) is 0 Å². The Kier molecular flexibility index (Phi) is 7.15. The lowest BCUT2D eigenvalue weighted by molar-refractivity contribution is -0.348. The predicted octanol–water partition coefficient (Wildman–Crippen LogP) is 5.08. The number of benzene rings is 3. The minimum atomic E-state index is -6.42. The fourth-order valence-electron chi connectivity index (χ4n) is 6.77. The van der Waals surface area contributed by atoms with E-state index >= 15 is 4.39 Å². The molecule has 2 atom stereocenters. The van der Waals surface area contributed by atoms with E-state index < -0.39 is 88.1 Å². The molecule has 2 aliphatic heterocycles. The summed E-state index contributed by atoms with van der Waals surface area (Å²) in [6.07, 6.45) is -13.9. The van der Waals surface area contributed by atoms with Crippen molar-refractivity contribution in [2.75, 3.05) is 6.54 Å². The summed E-state index contributed by atoms with van der Waals surface area (Å²) in [6, 6.07) is 6.55. The van der Waals surface area contributed by atoms with E-state index in [4.69, 9.17) is 0 Å². The number of fused-ring (bicyclic) bond motifs is 4. The van der Waals surface area contributed by atoms with Gasteiger partial charge in [-0.3, -0.25) is 9.59 Å². The predicted molar refractivity (Wildman–Crippen MR) is 145 cm³/mol. The first-order valence-corrected chi connectivity index (χ1v) is 16.6. The van der Waals surface area contributed by atoms with Crippen molar-refractivity contribution in [3.05, 3.63) is 94.3 Å². The van der Waals surface area contributed by atoms with Crippen molar-refractivity contribution in [3.63, 3.8) is 0 Å². The summed E-state index contributed by atoms with van der Waals surface area (Å²) in [6.45, 7) is -0.315. The number of nitrogens with zero attached hydrogens (tertiary/aromatic N) is 1. The molecule has 2 amide bonds. The van der Waals surface area contributed by atoms with Gasteiger partial charge in [0, 0.05) is 17.7 Å². The fraction of sp³-hybridized carbons (Fsp3) is 0.310. The molecule has 0 spiro atoms. The average Bonchev–Trinajstić information content (AvgIpc) is 3.50. The van der Waals surface area contributed by atoms with E-state index in [-0.39, 0.29) is 47.7 Å². The Bertz CT molecular complexity index is 2050. The highest BCUT2D eigenvalue weighted by Crippen LogP contribution is 2.57. The SMILES string of the molecule is O=C1NS(=O)(=O)c2ccc(C(=O)N3CC[C@@]4(S(=O)(=O)c5ccc(F)cc5)c5ccc(C(F)(C(F)(F)F)C(F)(F)F)cc5CC[C@@H]34)cc21. The maximum atomic E-state index is 15.0. The van der Waals surface area contributed by atoms with Crippen molar-refractivity contribution < 1.29 is 61.5 Å². The normalized spacial score (nSPS) is 22.3. The lowest BCUT2D eigenvalue weighted by Crippen LogP contribution is -2.53. The van der Waals surface area contributed by atoms with Crippen LogP contribution in [0.1, 0.15) is 50.2 Å². The Morgan fingerprint density at radius 3 is 2.17 bits per heavy atom. The van der Waals surface area contributed by atoms with Crippen molar-refractivity contribution in [3.8, 4) is 0 Å². The molecule has 1 saturated heterocycles. The minimum absolute atomic E-state index is 0.204. The molecular formula is C29H20F8N2O6S2. The third kappa shape index (κ3) is 4.57. The number of hydrogen-bond acceptors (Lipinski definition) is 6. The molecule has 1 aliphatic carbocycles. The number of amides is 2. The zero-order chi connectivity index (χ0) is 34.5. The topological polar surface area (TPSA) is 118 Å². The third-order valence-electron chi connectivity index (χ3n) is 8.92. The van der Waals surface area contributed by atoms with E-state index in [1.165, 1.54) is 0 Å². The van der Waals surface area contributed by atoms with Crippen LogP contribution in [0.25, 0.3) is 0 Å². The van der Waals surface area contributed by atoms with Crippen LogP contribution in [0.3, 0.4) is 0 Å². The first kappa shape index (κ1) is 32.9. The van der Waals surface area contributed by atoms with Gasteiger partial charge in [0.05, 0.1) is 16.5 Å². The maximum absolute atomic E-state index is 15.0. The zero-order valence-corrected chi connectivity index (χ0v) is 25.0. The number of rotatable bonds is 4. The van der Waals surface area contributed by atoms with E-state index in [2.05, 4.69) is 0 Å². The molecule has 3 aromatic rings. The summed E-state index contributed by atoms with van der Waals surface area (Å²) in [5.74, 6) is -2.66. The van der Waals surface area contributed by atoms with E-state index in [9.17, 15) is 57.2 Å². The van der Waals surface area contributed by atoms with Crippen LogP contribution in [-0.2, 0) is 36.7 Å². The molecule has 0 saturated carbocycles. The van der Waals surface area contributed by atoms with Crippen LogP contribution in [0.15, 0.2) is 70.5 Å². The molecule has 6 rings (SSSR count). The Hall–Kier alpha value is -4.06. The van der Waals surface area contributed by atoms with Crippen molar-refractivity contribution >= 4 is 31.7 Å². The molecule has 47 heavy (non-hydrogen) atoms. The second kappa shape index (κ2) is 10.2. The van der Waals surface area contributed by atoms with Crippen LogP contribution in [0.4, 0.5) is 35.1 Å². The van der Waals surface area contributed by atoms with Gasteiger partial charge in [0.15, 0.2) is 9.84 Å². The second-order valence-corrected chi connectivity index (χ2v) is 15.2. The summed E-state index contributed by atoms with van der Waals surface area (Å²) in [4.78, 5) is 26.3. The van der Waals surface area contributed by atoms with Gasteiger partial charge < -0.3 is 4.90 Å². The lowest BCUT2D eigenvalue weighted by Gasteiger charge is -2.43. The van der Waals surface area contributed by atoms with E-state index in [0.717, 1.165) is 47.4 Å². The van der Waals surface area contributed by atoms with Gasteiger partial charge in [-0.2, -0.15) is 26.3 Å². The van der Waals surface area contributed by atoms with Crippen LogP contribution < -0.4 is 4.72 Å². The molecule has 1 fully saturated rings. The van der Waals surface area contributed by atoms with Gasteiger partial charge in [0.2, 0.25) is 0 Å². The largest absolute Gasteiger partial charge is 0.435 e. The number of likely N-dealkylation sites (tertiary alicyclic amines) is 1. The number of alkyl halides is 7. The molecule has 0 bridgehead atoms. The van der Waals surface area contributed by atoms with Gasteiger partial charge in [-0.25, -0.2) is 30.3 Å². The van der Waals surface area contributed by atoms with E-state index in [1.807, 2.05) is 0 Å². The molecule has 8 nitrogen and oxygen atoms in total. The van der Waals surface area contributed by atoms with Crippen LogP contribution in [0.2, 0.25) is 0 Å². The zero-order valence-electron chi connectivity index (χ0n) is 23.4. The molecule has 2 heterocycles. The molecule has 0 unspecified atom stereocenters. The Morgan fingerprint density at radius 2 is 1.55 bits per heavy atom. The number of hydrogen-bond donors (Lipinski definition) is 1. The van der Waals surface area contributed by atoms with Gasteiger partial charge in [0.25, 0.3) is 21.8 Å². The number of halogens is 8. The van der Waals surface area contributed by atoms with Gasteiger partial charge in [-0.05, 0) is 72.9 Å². The summed E-state index contributed by atoms with van der Waals surface area (Å²) < 4.78 is 163. The van der Waals surface area contributed by atoms with Crippen LogP contribution >= 0.6 is 0 Å². The molecule has 0 aromatic heterocycles. The average molecular weight is 709 g/mol. The maximum Gasteiger partial charge on any atom is 0.435 e. The van der Waals surface area contributed by atoms with Crippen LogP contribution in [0.5, 0.6) is 0 Å². The Labute approximate surface area is 261 Å². The number of nitrogens with one attached hydrogen (secondary N) is 1. The van der Waals surface area contributed by atoms with Gasteiger partial charge in [0.1, 0.15) is 15.5 Å². The smallest absolute Gasteiger partial charge is 0.334 e. The molecule has 18 heteroatoms. The molecule has 250 valence electrons. The van der Waals surface area contributed by atoms with E-state index in [0.29, 0.717) is 12.1 Å². The highest BCUT2D eigenvalue weighted by molar-refractivity contribution is 7.92. The van der Waals surface area contributed by atoms with Gasteiger partial charge >= 0.3 is 18.0 Å². The fourth-order valence-corrected chi connectivity index (χ4v) is 10.3.